The van der Waals surface area contributed by atoms with Gasteiger partial charge < -0.3 is 10.6 Å². The molecule has 3 heteroatoms. The molecule has 0 unspecified atom stereocenters. The lowest BCUT2D eigenvalue weighted by Crippen LogP contribution is -2.40. The van der Waals surface area contributed by atoms with E-state index in [1.165, 1.54) is 0 Å². The van der Waals surface area contributed by atoms with Crippen molar-refractivity contribution < 1.29 is 4.79 Å². The van der Waals surface area contributed by atoms with Gasteiger partial charge >= 0.3 is 0 Å². The fraction of sp³-hybridized carbons (Fsp3) is 0.875. The van der Waals surface area contributed by atoms with Crippen molar-refractivity contribution in [2.75, 3.05) is 13.6 Å². The first kappa shape index (κ1) is 8.53. The molecule has 0 heterocycles. The zero-order valence-corrected chi connectivity index (χ0v) is 7.26. The maximum Gasteiger partial charge on any atom is 0.222 e. The fourth-order valence-electron chi connectivity index (χ4n) is 1.15. The highest BCUT2D eigenvalue weighted by molar-refractivity contribution is 5.75. The van der Waals surface area contributed by atoms with Crippen LogP contribution in [0.25, 0.3) is 0 Å². The number of nitrogens with zero attached hydrogens (tertiary/aromatic N) is 1. The van der Waals surface area contributed by atoms with Crippen LogP contribution in [0.2, 0.25) is 0 Å². The van der Waals surface area contributed by atoms with Crippen molar-refractivity contribution in [2.24, 2.45) is 5.73 Å². The van der Waals surface area contributed by atoms with E-state index in [-0.39, 0.29) is 11.4 Å². The topological polar surface area (TPSA) is 46.3 Å². The predicted molar refractivity (Wildman–Crippen MR) is 44.1 cm³/mol. The Morgan fingerprint density at radius 2 is 2.18 bits per heavy atom. The van der Waals surface area contributed by atoms with Crippen LogP contribution >= 0.6 is 0 Å². The minimum atomic E-state index is -0.0421. The molecule has 0 atom stereocenters. The molecular formula is C8H16N2O. The fourth-order valence-corrected chi connectivity index (χ4v) is 1.15. The van der Waals surface area contributed by atoms with E-state index >= 15 is 0 Å². The van der Waals surface area contributed by atoms with Crippen LogP contribution in [0, 0.1) is 0 Å². The van der Waals surface area contributed by atoms with Gasteiger partial charge in [-0.15, -0.1) is 0 Å². The van der Waals surface area contributed by atoms with Gasteiger partial charge in [0.25, 0.3) is 0 Å². The summed E-state index contributed by atoms with van der Waals surface area (Å²) in [4.78, 5) is 12.8. The number of carbonyl (C=O) groups is 1. The van der Waals surface area contributed by atoms with Crippen LogP contribution in [0.4, 0.5) is 0 Å². The Kier molecular flexibility index (Phi) is 2.18. The molecule has 1 rings (SSSR count). The first-order chi connectivity index (χ1) is 5.07. The van der Waals surface area contributed by atoms with E-state index < -0.39 is 0 Å². The SMILES string of the molecule is CCC(=O)N(C)CC1(N)CC1. The van der Waals surface area contributed by atoms with Crippen LogP contribution < -0.4 is 5.73 Å². The number of carbonyl (C=O) groups excluding carboxylic acids is 1. The number of amides is 1. The minimum absolute atomic E-state index is 0.0421. The summed E-state index contributed by atoms with van der Waals surface area (Å²) in [5.41, 5.74) is 5.80. The second-order valence-electron chi connectivity index (χ2n) is 3.47. The van der Waals surface area contributed by atoms with E-state index in [2.05, 4.69) is 0 Å². The standard InChI is InChI=1S/C8H16N2O/c1-3-7(11)10(2)6-8(9)4-5-8/h3-6,9H2,1-2H3. The molecule has 0 aliphatic heterocycles. The lowest BCUT2D eigenvalue weighted by molar-refractivity contribution is -0.129. The van der Waals surface area contributed by atoms with Gasteiger partial charge in [-0.3, -0.25) is 4.79 Å². The molecule has 0 aromatic rings. The van der Waals surface area contributed by atoms with Gasteiger partial charge in [0.2, 0.25) is 5.91 Å². The highest BCUT2D eigenvalue weighted by atomic mass is 16.2. The van der Waals surface area contributed by atoms with E-state index in [9.17, 15) is 4.79 Å². The number of hydrogen-bond donors (Lipinski definition) is 1. The molecule has 0 saturated heterocycles. The molecule has 11 heavy (non-hydrogen) atoms. The molecule has 2 N–H and O–H groups in total. The van der Waals surface area contributed by atoms with Gasteiger partial charge in [-0.05, 0) is 12.8 Å². The van der Waals surface area contributed by atoms with E-state index in [0.29, 0.717) is 6.42 Å². The number of likely N-dealkylation sites (N-methyl/N-ethyl adjacent to an activating group) is 1. The van der Waals surface area contributed by atoms with E-state index in [4.69, 9.17) is 5.73 Å². The number of hydrogen-bond acceptors (Lipinski definition) is 2. The maximum absolute atomic E-state index is 11.1. The Hall–Kier alpha value is -0.570. The van der Waals surface area contributed by atoms with Crippen molar-refractivity contribution >= 4 is 5.91 Å². The first-order valence-electron chi connectivity index (χ1n) is 4.10. The maximum atomic E-state index is 11.1. The van der Waals surface area contributed by atoms with Crippen LogP contribution in [0.15, 0.2) is 0 Å². The number of rotatable bonds is 3. The summed E-state index contributed by atoms with van der Waals surface area (Å²) in [6, 6.07) is 0. The Morgan fingerprint density at radius 3 is 2.55 bits per heavy atom. The third-order valence-electron chi connectivity index (χ3n) is 2.17. The third kappa shape index (κ3) is 2.19. The van der Waals surface area contributed by atoms with Crippen LogP contribution in [0.1, 0.15) is 26.2 Å². The van der Waals surface area contributed by atoms with Gasteiger partial charge in [-0.2, -0.15) is 0 Å². The molecule has 1 amide bonds. The van der Waals surface area contributed by atoms with E-state index in [0.717, 1.165) is 19.4 Å². The molecule has 3 nitrogen and oxygen atoms in total. The quantitative estimate of drug-likeness (QED) is 0.640. The molecule has 0 radical (unpaired) electrons. The van der Waals surface area contributed by atoms with Crippen molar-refractivity contribution in [1.82, 2.24) is 4.90 Å². The van der Waals surface area contributed by atoms with Gasteiger partial charge in [-0.25, -0.2) is 0 Å². The number of nitrogens with two attached hydrogens (primary N) is 1. The first-order valence-corrected chi connectivity index (χ1v) is 4.10. The van der Waals surface area contributed by atoms with Crippen molar-refractivity contribution in [3.05, 3.63) is 0 Å². The average Bonchev–Trinajstić information content (AvgIpc) is 2.66. The molecule has 0 bridgehead atoms. The Labute approximate surface area is 67.5 Å². The lowest BCUT2D eigenvalue weighted by Gasteiger charge is -2.20. The Bertz CT molecular complexity index is 163. The minimum Gasteiger partial charge on any atom is -0.344 e. The lowest BCUT2D eigenvalue weighted by atomic mass is 10.2. The van der Waals surface area contributed by atoms with Crippen molar-refractivity contribution in [3.63, 3.8) is 0 Å². The second kappa shape index (κ2) is 2.81. The van der Waals surface area contributed by atoms with Crippen molar-refractivity contribution in [3.8, 4) is 0 Å². The van der Waals surface area contributed by atoms with E-state index in [1.807, 2.05) is 14.0 Å². The predicted octanol–water partition coefficient (Wildman–Crippen LogP) is 0.346. The largest absolute Gasteiger partial charge is 0.344 e. The third-order valence-corrected chi connectivity index (χ3v) is 2.17. The summed E-state index contributed by atoms with van der Waals surface area (Å²) in [6.45, 7) is 2.59. The van der Waals surface area contributed by atoms with Gasteiger partial charge in [-0.1, -0.05) is 6.92 Å². The van der Waals surface area contributed by atoms with Crippen LogP contribution in [0.5, 0.6) is 0 Å². The van der Waals surface area contributed by atoms with Crippen molar-refractivity contribution in [2.45, 2.75) is 31.7 Å². The van der Waals surface area contributed by atoms with Crippen LogP contribution in [-0.2, 0) is 4.79 Å². The zero-order chi connectivity index (χ0) is 8.48. The summed E-state index contributed by atoms with van der Waals surface area (Å²) in [6.07, 6.45) is 2.70. The molecule has 0 aromatic carbocycles. The summed E-state index contributed by atoms with van der Waals surface area (Å²) >= 11 is 0. The zero-order valence-electron chi connectivity index (χ0n) is 7.26. The van der Waals surface area contributed by atoms with Gasteiger partial charge in [0.15, 0.2) is 0 Å². The average molecular weight is 156 g/mol. The van der Waals surface area contributed by atoms with Gasteiger partial charge in [0.1, 0.15) is 0 Å². The molecule has 1 saturated carbocycles. The molecular weight excluding hydrogens is 140 g/mol. The monoisotopic (exact) mass is 156 g/mol. The molecule has 0 spiro atoms. The van der Waals surface area contributed by atoms with Crippen LogP contribution in [0.3, 0.4) is 0 Å². The second-order valence-corrected chi connectivity index (χ2v) is 3.47. The Balaban J connectivity index is 2.31. The highest BCUT2D eigenvalue weighted by Gasteiger charge is 2.39. The highest BCUT2D eigenvalue weighted by Crippen LogP contribution is 2.32. The van der Waals surface area contributed by atoms with Gasteiger partial charge in [0.05, 0.1) is 0 Å². The van der Waals surface area contributed by atoms with Crippen LogP contribution in [-0.4, -0.2) is 29.9 Å². The van der Waals surface area contributed by atoms with E-state index in [1.54, 1.807) is 4.90 Å². The molecule has 1 fully saturated rings. The van der Waals surface area contributed by atoms with Crippen molar-refractivity contribution in [1.29, 1.82) is 0 Å². The van der Waals surface area contributed by atoms with Gasteiger partial charge in [0, 0.05) is 25.6 Å². The summed E-state index contributed by atoms with van der Waals surface area (Å²) in [5.74, 6) is 0.182. The smallest absolute Gasteiger partial charge is 0.222 e. The summed E-state index contributed by atoms with van der Waals surface area (Å²) in [7, 11) is 1.82. The molecule has 64 valence electrons. The summed E-state index contributed by atoms with van der Waals surface area (Å²) < 4.78 is 0. The molecule has 1 aliphatic rings. The Morgan fingerprint density at radius 1 is 1.64 bits per heavy atom. The summed E-state index contributed by atoms with van der Waals surface area (Å²) in [5, 5.41) is 0. The normalized spacial score (nSPS) is 19.5. The molecule has 1 aliphatic carbocycles. The molecule has 0 aromatic heterocycles.